The van der Waals surface area contributed by atoms with E-state index in [9.17, 15) is 43.0 Å². The number of carbonyl (C=O) groups excluding carboxylic acids is 2. The van der Waals surface area contributed by atoms with Crippen molar-refractivity contribution in [2.24, 2.45) is 5.73 Å². The Morgan fingerprint density at radius 2 is 1.51 bits per heavy atom. The van der Waals surface area contributed by atoms with E-state index in [1.165, 1.54) is 6.07 Å². The number of ether oxygens (including phenoxy) is 1. The second kappa shape index (κ2) is 17.4. The zero-order valence-corrected chi connectivity index (χ0v) is 25.8. The number of nitrogens with one attached hydrogen (secondary N) is 3. The highest BCUT2D eigenvalue weighted by Crippen LogP contribution is 2.44. The van der Waals surface area contributed by atoms with Crippen LogP contribution in [0.1, 0.15) is 36.3 Å². The van der Waals surface area contributed by atoms with E-state index in [1.54, 1.807) is 0 Å². The fourth-order valence-electron chi connectivity index (χ4n) is 4.98. The molecule has 6 N–H and O–H groups in total. The minimum Gasteiger partial charge on any atom is -0.475 e. The highest BCUT2D eigenvalue weighted by Gasteiger charge is 2.38. The van der Waals surface area contributed by atoms with Crippen LogP contribution in [0.4, 0.5) is 35.0 Å². The first-order valence-corrected chi connectivity index (χ1v) is 14.8. The molecular weight excluding hydrogens is 657 g/mol. The summed E-state index contributed by atoms with van der Waals surface area (Å²) in [4.78, 5) is 55.5. The molecule has 18 heteroatoms. The molecule has 0 saturated heterocycles. The van der Waals surface area contributed by atoms with Crippen molar-refractivity contribution in [1.82, 2.24) is 10.6 Å². The van der Waals surface area contributed by atoms with E-state index in [0.29, 0.717) is 25.8 Å². The van der Waals surface area contributed by atoms with Crippen LogP contribution < -0.4 is 21.7 Å². The second-order valence-corrected chi connectivity index (χ2v) is 10.5. The van der Waals surface area contributed by atoms with Crippen LogP contribution in [0, 0.1) is 20.2 Å². The number of non-ortho nitro benzene ring substituents is 1. The Labute approximate surface area is 276 Å². The fraction of sp³-hybridized carbons (Fsp3) is 0.323. The molecule has 0 heterocycles. The van der Waals surface area contributed by atoms with Gasteiger partial charge in [0.2, 0.25) is 5.91 Å². The van der Waals surface area contributed by atoms with Crippen molar-refractivity contribution < 1.29 is 47.2 Å². The van der Waals surface area contributed by atoms with Gasteiger partial charge in [-0.3, -0.25) is 25.0 Å². The van der Waals surface area contributed by atoms with Crippen LogP contribution in [0.3, 0.4) is 0 Å². The van der Waals surface area contributed by atoms with Gasteiger partial charge in [-0.1, -0.05) is 48.5 Å². The summed E-state index contributed by atoms with van der Waals surface area (Å²) in [6, 6.07) is 18.3. The molecule has 0 unspecified atom stereocenters. The molecule has 0 fully saturated rings. The van der Waals surface area contributed by atoms with E-state index in [1.807, 2.05) is 48.5 Å². The molecule has 0 aromatic heterocycles. The lowest BCUT2D eigenvalue weighted by Crippen LogP contribution is -2.48. The standard InChI is InChI=1S/C29H32N6O7.C2HF3O2/c30-14-6-5-11-26(28(36)32-16-15-31-25-13-12-19(34(38)39)17-27(25)35(40)41)33-29(37)42-18-24-22-9-3-1-7-20(22)21-8-2-4-10-23(21)24;3-2(4,5)1(6)7/h1-4,7-10,12-13,17,24,26,31H,5-6,11,14-16,18,30H2,(H,32,36)(H,33,37);(H,6,7)/t26-;/m0./s1. The number of aliphatic carboxylic acids is 1. The minimum atomic E-state index is -5.08. The van der Waals surface area contributed by atoms with Crippen LogP contribution in [0.5, 0.6) is 0 Å². The molecule has 0 aliphatic heterocycles. The number of anilines is 1. The summed E-state index contributed by atoms with van der Waals surface area (Å²) in [7, 11) is 0. The summed E-state index contributed by atoms with van der Waals surface area (Å²) < 4.78 is 37.3. The number of benzene rings is 3. The smallest absolute Gasteiger partial charge is 0.475 e. The molecule has 49 heavy (non-hydrogen) atoms. The maximum Gasteiger partial charge on any atom is 0.490 e. The van der Waals surface area contributed by atoms with Gasteiger partial charge in [0.15, 0.2) is 0 Å². The number of halogens is 3. The number of nitrogens with two attached hydrogens (primary N) is 1. The Balaban J connectivity index is 0.000000838. The topological polar surface area (TPSA) is 229 Å². The van der Waals surface area contributed by atoms with Gasteiger partial charge in [-0.05, 0) is 54.1 Å². The Kier molecular flexibility index (Phi) is 13.4. The molecule has 0 bridgehead atoms. The Bertz CT molecular complexity index is 1630. The summed E-state index contributed by atoms with van der Waals surface area (Å²) >= 11 is 0. The molecule has 3 aromatic carbocycles. The summed E-state index contributed by atoms with van der Waals surface area (Å²) in [5.41, 5.74) is 9.18. The fourth-order valence-corrected chi connectivity index (χ4v) is 4.98. The highest BCUT2D eigenvalue weighted by molar-refractivity contribution is 5.85. The summed E-state index contributed by atoms with van der Waals surface area (Å²) in [5, 5.41) is 37.6. The summed E-state index contributed by atoms with van der Waals surface area (Å²) in [5.74, 6) is -3.32. The highest BCUT2D eigenvalue weighted by atomic mass is 19.4. The van der Waals surface area contributed by atoms with Crippen LogP contribution in [-0.4, -0.2) is 71.4 Å². The van der Waals surface area contributed by atoms with E-state index in [-0.39, 0.29) is 31.3 Å². The largest absolute Gasteiger partial charge is 0.490 e. The number of carboxylic acid groups (broad SMARTS) is 1. The second-order valence-electron chi connectivity index (χ2n) is 10.5. The number of rotatable bonds is 14. The maximum absolute atomic E-state index is 12.9. The molecule has 0 spiro atoms. The first kappa shape index (κ1) is 37.7. The third kappa shape index (κ3) is 10.6. The number of nitrogens with zero attached hydrogens (tertiary/aromatic N) is 2. The first-order chi connectivity index (χ1) is 23.2. The number of carboxylic acids is 1. The minimum absolute atomic E-state index is 0.0761. The number of carbonyl (C=O) groups is 3. The Morgan fingerprint density at radius 1 is 0.918 bits per heavy atom. The average Bonchev–Trinajstić information content (AvgIpc) is 3.38. The van der Waals surface area contributed by atoms with Gasteiger partial charge in [0.05, 0.1) is 15.9 Å². The number of alkyl halides is 3. The number of hydrogen-bond donors (Lipinski definition) is 5. The lowest BCUT2D eigenvalue weighted by molar-refractivity contribution is -0.393. The zero-order valence-electron chi connectivity index (χ0n) is 25.8. The van der Waals surface area contributed by atoms with E-state index >= 15 is 0 Å². The van der Waals surface area contributed by atoms with Gasteiger partial charge in [-0.15, -0.1) is 0 Å². The van der Waals surface area contributed by atoms with Crippen molar-refractivity contribution in [2.45, 2.75) is 37.4 Å². The van der Waals surface area contributed by atoms with E-state index < -0.39 is 51.4 Å². The molecule has 4 rings (SSSR count). The quantitative estimate of drug-likeness (QED) is 0.0884. The van der Waals surface area contributed by atoms with Crippen LogP contribution in [-0.2, 0) is 14.3 Å². The number of unbranched alkanes of at least 4 members (excludes halogenated alkanes) is 1. The Morgan fingerprint density at radius 3 is 2.04 bits per heavy atom. The van der Waals surface area contributed by atoms with Crippen LogP contribution in [0.15, 0.2) is 66.7 Å². The van der Waals surface area contributed by atoms with Crippen molar-refractivity contribution in [3.05, 3.63) is 98.1 Å². The Hall–Kier alpha value is -5.78. The van der Waals surface area contributed by atoms with Crippen molar-refractivity contribution in [1.29, 1.82) is 0 Å². The molecule has 1 aliphatic rings. The van der Waals surface area contributed by atoms with Gasteiger partial charge < -0.3 is 31.5 Å². The van der Waals surface area contributed by atoms with Gasteiger partial charge in [-0.2, -0.15) is 13.2 Å². The third-order valence-electron chi connectivity index (χ3n) is 7.27. The third-order valence-corrected chi connectivity index (χ3v) is 7.27. The van der Waals surface area contributed by atoms with Crippen LogP contribution >= 0.6 is 0 Å². The monoisotopic (exact) mass is 690 g/mol. The number of nitro groups is 2. The van der Waals surface area contributed by atoms with Crippen molar-refractivity contribution >= 4 is 35.0 Å². The van der Waals surface area contributed by atoms with E-state index in [2.05, 4.69) is 16.0 Å². The summed E-state index contributed by atoms with van der Waals surface area (Å²) in [6.07, 6.45) is -4.19. The molecule has 15 nitrogen and oxygen atoms in total. The molecule has 2 amide bonds. The zero-order chi connectivity index (χ0) is 36.1. The van der Waals surface area contributed by atoms with Gasteiger partial charge in [-0.25, -0.2) is 9.59 Å². The molecule has 3 aromatic rings. The maximum atomic E-state index is 12.9. The first-order valence-electron chi connectivity index (χ1n) is 14.8. The van der Waals surface area contributed by atoms with Crippen LogP contribution in [0.25, 0.3) is 11.1 Å². The van der Waals surface area contributed by atoms with Gasteiger partial charge in [0.1, 0.15) is 18.3 Å². The van der Waals surface area contributed by atoms with Crippen molar-refractivity contribution in [2.75, 3.05) is 31.6 Å². The van der Waals surface area contributed by atoms with Gasteiger partial charge in [0, 0.05) is 25.1 Å². The number of amides is 2. The van der Waals surface area contributed by atoms with Crippen LogP contribution in [0.2, 0.25) is 0 Å². The van der Waals surface area contributed by atoms with Gasteiger partial charge >= 0.3 is 18.2 Å². The van der Waals surface area contributed by atoms with Crippen molar-refractivity contribution in [3.63, 3.8) is 0 Å². The van der Waals surface area contributed by atoms with E-state index in [0.717, 1.165) is 34.4 Å². The number of hydrogen-bond acceptors (Lipinski definition) is 10. The number of alkyl carbamates (subject to hydrolysis) is 1. The molecule has 262 valence electrons. The normalized spacial score (nSPS) is 12.3. The molecular formula is C31H33F3N6O9. The molecule has 0 radical (unpaired) electrons. The lowest BCUT2D eigenvalue weighted by Gasteiger charge is -2.20. The van der Waals surface area contributed by atoms with E-state index in [4.69, 9.17) is 20.4 Å². The lowest BCUT2D eigenvalue weighted by atomic mass is 9.98. The average molecular weight is 691 g/mol. The SMILES string of the molecule is NCCCC[C@H](NC(=O)OCC1c2ccccc2-c2ccccc21)C(=O)NCCNc1ccc([N+](=O)[O-])cc1[N+](=O)[O-].O=C(O)C(F)(F)F. The predicted octanol–water partition coefficient (Wildman–Crippen LogP) is 4.70. The predicted molar refractivity (Wildman–Crippen MR) is 170 cm³/mol. The van der Waals surface area contributed by atoms with Gasteiger partial charge in [0.25, 0.3) is 11.4 Å². The number of fused-ring (bicyclic) bond motifs is 3. The molecule has 1 atom stereocenters. The molecule has 1 aliphatic carbocycles. The molecule has 0 saturated carbocycles. The summed E-state index contributed by atoms with van der Waals surface area (Å²) in [6.45, 7) is 0.726. The van der Waals surface area contributed by atoms with Crippen molar-refractivity contribution in [3.8, 4) is 11.1 Å². The number of nitro benzene ring substituents is 2.